The third kappa shape index (κ3) is 5.17. The molecule has 77 heavy (non-hydrogen) atoms. The average Bonchev–Trinajstić information content (AvgIpc) is 4.56. The van der Waals surface area contributed by atoms with Crippen LogP contribution in [0, 0.1) is 0 Å². The molecule has 0 atom stereocenters. The average molecular weight is 975 g/mol. The van der Waals surface area contributed by atoms with E-state index in [9.17, 15) is 0 Å². The Balaban J connectivity index is 0.722. The molecule has 0 aliphatic heterocycles. The first-order chi connectivity index (χ1) is 38.2. The number of aromatic nitrogens is 4. The van der Waals surface area contributed by atoms with Gasteiger partial charge in [-0.1, -0.05) is 158 Å². The normalized spacial score (nSPS) is 12.9. The molecular formula is C73H42N4. The lowest BCUT2D eigenvalue weighted by Crippen LogP contribution is -1.96. The molecular weight excluding hydrogens is 933 g/mol. The molecule has 0 bridgehead atoms. The first-order valence-electron chi connectivity index (χ1n) is 26.9. The van der Waals surface area contributed by atoms with Crippen LogP contribution >= 0.6 is 0 Å². The second kappa shape index (κ2) is 14.4. The van der Waals surface area contributed by atoms with Crippen LogP contribution in [0.1, 0.15) is 11.1 Å². The molecule has 6 aromatic heterocycles. The van der Waals surface area contributed by atoms with Crippen molar-refractivity contribution in [3.8, 4) is 44.8 Å². The van der Waals surface area contributed by atoms with Crippen molar-refractivity contribution in [2.45, 2.75) is 6.42 Å². The number of para-hydroxylation sites is 6. The summed E-state index contributed by atoms with van der Waals surface area (Å²) in [6.07, 6.45) is 0.921. The Bertz CT molecular complexity index is 5270. The molecule has 1 aliphatic rings. The Kier molecular flexibility index (Phi) is 7.51. The van der Waals surface area contributed by atoms with E-state index in [0.29, 0.717) is 0 Å². The summed E-state index contributed by atoms with van der Waals surface area (Å²) in [5.74, 6) is 0. The van der Waals surface area contributed by atoms with Gasteiger partial charge >= 0.3 is 0 Å². The third-order valence-electron chi connectivity index (χ3n) is 17.8. The minimum atomic E-state index is 0.921. The van der Waals surface area contributed by atoms with Crippen LogP contribution in [-0.4, -0.2) is 17.9 Å². The Morgan fingerprint density at radius 3 is 1.00 bits per heavy atom. The highest BCUT2D eigenvalue weighted by molar-refractivity contribution is 6.25. The van der Waals surface area contributed by atoms with Crippen molar-refractivity contribution >= 4 is 120 Å². The van der Waals surface area contributed by atoms with E-state index in [-0.39, 0.29) is 0 Å². The number of hydrogen-bond acceptors (Lipinski definition) is 0. The van der Waals surface area contributed by atoms with Gasteiger partial charge in [-0.2, -0.15) is 0 Å². The van der Waals surface area contributed by atoms with Crippen LogP contribution in [-0.2, 0) is 6.42 Å². The van der Waals surface area contributed by atoms with Gasteiger partial charge in [-0.15, -0.1) is 0 Å². The maximum atomic E-state index is 2.48. The maximum absolute atomic E-state index is 2.48. The number of nitrogens with zero attached hydrogens (tertiary/aromatic N) is 4. The van der Waals surface area contributed by atoms with Gasteiger partial charge in [0.25, 0.3) is 0 Å². The van der Waals surface area contributed by atoms with Crippen molar-refractivity contribution < 1.29 is 0 Å². The lowest BCUT2D eigenvalue weighted by atomic mass is 10.0. The molecule has 354 valence electrons. The van der Waals surface area contributed by atoms with Crippen LogP contribution in [0.4, 0.5) is 0 Å². The van der Waals surface area contributed by atoms with Gasteiger partial charge in [0.15, 0.2) is 0 Å². The molecule has 1 aliphatic carbocycles. The molecule has 0 radical (unpaired) electrons. The van der Waals surface area contributed by atoms with Crippen LogP contribution in [0.3, 0.4) is 0 Å². The first-order valence-corrected chi connectivity index (χ1v) is 26.9. The predicted octanol–water partition coefficient (Wildman–Crippen LogP) is 19.1. The summed E-state index contributed by atoms with van der Waals surface area (Å²) in [6, 6.07) is 91.5. The predicted molar refractivity (Wildman–Crippen MR) is 324 cm³/mol. The Hall–Kier alpha value is -10.2. The summed E-state index contributed by atoms with van der Waals surface area (Å²) in [5.41, 5.74) is 25.1. The van der Waals surface area contributed by atoms with E-state index < -0.39 is 0 Å². The highest BCUT2D eigenvalue weighted by Crippen LogP contribution is 2.46. The minimum Gasteiger partial charge on any atom is -0.309 e. The van der Waals surface area contributed by atoms with Crippen molar-refractivity contribution in [3.63, 3.8) is 0 Å². The van der Waals surface area contributed by atoms with Crippen molar-refractivity contribution in [3.05, 3.63) is 254 Å². The van der Waals surface area contributed by atoms with Crippen LogP contribution in [0.2, 0.25) is 0 Å². The van der Waals surface area contributed by atoms with Gasteiger partial charge in [0.1, 0.15) is 0 Å². The quantitative estimate of drug-likeness (QED) is 0.167. The van der Waals surface area contributed by atoms with Gasteiger partial charge in [-0.05, 0) is 136 Å². The zero-order chi connectivity index (χ0) is 49.8. The second-order valence-corrected chi connectivity index (χ2v) is 21.6. The van der Waals surface area contributed by atoms with Crippen LogP contribution in [0.25, 0.3) is 165 Å². The highest BCUT2D eigenvalue weighted by atomic mass is 15.0. The number of fused-ring (bicyclic) bond motifs is 21. The van der Waals surface area contributed by atoms with E-state index in [1.54, 1.807) is 0 Å². The van der Waals surface area contributed by atoms with Gasteiger partial charge in [-0.3, -0.25) is 0 Å². The summed E-state index contributed by atoms with van der Waals surface area (Å²) < 4.78 is 9.91. The number of rotatable bonds is 4. The van der Waals surface area contributed by atoms with Crippen LogP contribution < -0.4 is 0 Å². The van der Waals surface area contributed by atoms with Gasteiger partial charge in [0.2, 0.25) is 0 Å². The standard InChI is InChI=1S/C73H42N4/c1-7-21-66-50(11-1)56-15-9-17-58-54-31-25-44(38-70(54)76(66)72(56)58)42-27-33-68-62(36-42)52-13-3-5-19-64(52)74(68)48-29-23-46-35-47-24-30-49(41-61(47)60(46)40-48)75-65-20-6-4-14-53(65)63-37-43(28-34-69(63)75)45-26-32-55-59-18-10-16-57-51-12-2-8-22-67(51)77(73(57)59)71(55)39-45/h1-34,36-41H,35H2. The number of benzene rings is 12. The Morgan fingerprint density at radius 1 is 0.221 bits per heavy atom. The molecule has 0 saturated heterocycles. The highest BCUT2D eigenvalue weighted by Gasteiger charge is 2.25. The molecule has 19 rings (SSSR count). The summed E-state index contributed by atoms with van der Waals surface area (Å²) in [7, 11) is 0. The van der Waals surface area contributed by atoms with E-state index in [1.165, 1.54) is 176 Å². The van der Waals surface area contributed by atoms with Crippen LogP contribution in [0.15, 0.2) is 243 Å². The molecule has 0 amide bonds. The van der Waals surface area contributed by atoms with Crippen molar-refractivity contribution in [1.29, 1.82) is 0 Å². The zero-order valence-electron chi connectivity index (χ0n) is 41.6. The molecule has 0 fully saturated rings. The topological polar surface area (TPSA) is 18.7 Å². The monoisotopic (exact) mass is 974 g/mol. The van der Waals surface area contributed by atoms with E-state index in [2.05, 4.69) is 261 Å². The third-order valence-corrected chi connectivity index (χ3v) is 17.8. The summed E-state index contributed by atoms with van der Waals surface area (Å²) >= 11 is 0. The van der Waals surface area contributed by atoms with Gasteiger partial charge < -0.3 is 17.9 Å². The van der Waals surface area contributed by atoms with Crippen LogP contribution in [0.5, 0.6) is 0 Å². The van der Waals surface area contributed by atoms with Crippen molar-refractivity contribution in [2.75, 3.05) is 0 Å². The van der Waals surface area contributed by atoms with E-state index in [4.69, 9.17) is 0 Å². The van der Waals surface area contributed by atoms with Crippen molar-refractivity contribution in [1.82, 2.24) is 17.9 Å². The molecule has 0 saturated carbocycles. The molecule has 4 heteroatoms. The Labute approximate surface area is 440 Å². The molecule has 18 aromatic rings. The van der Waals surface area contributed by atoms with Crippen molar-refractivity contribution in [2.24, 2.45) is 0 Å². The molecule has 12 aromatic carbocycles. The second-order valence-electron chi connectivity index (χ2n) is 21.6. The first kappa shape index (κ1) is 40.3. The summed E-state index contributed by atoms with van der Waals surface area (Å²) in [4.78, 5) is 0. The molecule has 0 spiro atoms. The van der Waals surface area contributed by atoms with Gasteiger partial charge in [-0.25, -0.2) is 0 Å². The fraction of sp³-hybridized carbons (Fsp3) is 0.0137. The molecule has 4 nitrogen and oxygen atoms in total. The van der Waals surface area contributed by atoms with E-state index >= 15 is 0 Å². The van der Waals surface area contributed by atoms with E-state index in [1.807, 2.05) is 0 Å². The lowest BCUT2D eigenvalue weighted by molar-refractivity contribution is 1.17. The molecule has 0 unspecified atom stereocenters. The molecule has 6 heterocycles. The largest absolute Gasteiger partial charge is 0.309 e. The fourth-order valence-electron chi connectivity index (χ4n) is 14.5. The fourth-order valence-corrected chi connectivity index (χ4v) is 14.5. The SMILES string of the molecule is c1ccc2c(c1)c1cc(-c3ccc4c5cccc6c7ccccc7n(c4c3)c65)ccc1n2-c1ccc2c(c1)-c1cc(-n3c4ccccc4c4cc(-c5ccc6c7cccc8c9ccccc9n(c6c5)c87)ccc43)ccc1C2. The summed E-state index contributed by atoms with van der Waals surface area (Å²) in [6.45, 7) is 0. The van der Waals surface area contributed by atoms with Gasteiger partial charge in [0.05, 0.1) is 55.2 Å². The Morgan fingerprint density at radius 2 is 0.558 bits per heavy atom. The lowest BCUT2D eigenvalue weighted by Gasteiger charge is -2.13. The summed E-state index contributed by atoms with van der Waals surface area (Å²) in [5, 5.41) is 15.5. The smallest absolute Gasteiger partial charge is 0.0620 e. The zero-order valence-corrected chi connectivity index (χ0v) is 41.6. The van der Waals surface area contributed by atoms with E-state index in [0.717, 1.165) is 6.42 Å². The minimum absolute atomic E-state index is 0.921. The number of hydrogen-bond donors (Lipinski definition) is 0. The maximum Gasteiger partial charge on any atom is 0.0620 e. The molecule has 0 N–H and O–H groups in total. The van der Waals surface area contributed by atoms with Gasteiger partial charge in [0, 0.05) is 76.0 Å².